The summed E-state index contributed by atoms with van der Waals surface area (Å²) in [4.78, 5) is 12.3. The SMILES string of the molecule is CC1CCCC(S(=O)CC(=O)c2cc3ccccc3o2)C1. The number of fused-ring (bicyclic) bond motifs is 1. The van der Waals surface area contributed by atoms with Gasteiger partial charge in [-0.3, -0.25) is 9.00 Å². The molecular weight excluding hydrogens is 284 g/mol. The molecule has 0 spiro atoms. The van der Waals surface area contributed by atoms with Gasteiger partial charge in [-0.2, -0.15) is 0 Å². The van der Waals surface area contributed by atoms with Crippen molar-refractivity contribution in [1.82, 2.24) is 0 Å². The van der Waals surface area contributed by atoms with E-state index in [1.54, 1.807) is 6.07 Å². The molecule has 112 valence electrons. The van der Waals surface area contributed by atoms with Crippen molar-refractivity contribution in [3.8, 4) is 0 Å². The van der Waals surface area contributed by atoms with Gasteiger partial charge < -0.3 is 4.42 Å². The first-order chi connectivity index (χ1) is 10.1. The van der Waals surface area contributed by atoms with E-state index in [2.05, 4.69) is 6.92 Å². The fourth-order valence-electron chi connectivity index (χ4n) is 3.05. The Labute approximate surface area is 127 Å². The zero-order valence-electron chi connectivity index (χ0n) is 12.2. The zero-order valence-corrected chi connectivity index (χ0v) is 13.0. The predicted octanol–water partition coefficient (Wildman–Crippen LogP) is 3.94. The molecule has 0 aliphatic heterocycles. The third kappa shape index (κ3) is 3.26. The first-order valence-corrected chi connectivity index (χ1v) is 8.90. The van der Waals surface area contributed by atoms with Crippen LogP contribution in [0.4, 0.5) is 0 Å². The minimum Gasteiger partial charge on any atom is -0.453 e. The Balaban J connectivity index is 1.69. The summed E-state index contributed by atoms with van der Waals surface area (Å²) in [6.45, 7) is 2.20. The van der Waals surface area contributed by atoms with Crippen molar-refractivity contribution in [3.05, 3.63) is 36.1 Å². The standard InChI is InChI=1S/C17H20O3S/c1-12-5-4-7-14(9-12)21(19)11-15(18)17-10-13-6-2-3-8-16(13)20-17/h2-3,6,8,10,12,14H,4-5,7,9,11H2,1H3. The lowest BCUT2D eigenvalue weighted by Gasteiger charge is -2.25. The average molecular weight is 304 g/mol. The number of Topliss-reactive ketones (excluding diaryl/α,β-unsaturated/α-hetero) is 1. The van der Waals surface area contributed by atoms with E-state index in [0.717, 1.165) is 24.6 Å². The average Bonchev–Trinajstić information content (AvgIpc) is 2.91. The second-order valence-electron chi connectivity index (χ2n) is 5.99. The van der Waals surface area contributed by atoms with Crippen molar-refractivity contribution >= 4 is 27.6 Å². The lowest BCUT2D eigenvalue weighted by Crippen LogP contribution is -2.27. The van der Waals surface area contributed by atoms with E-state index in [1.807, 2.05) is 24.3 Å². The quantitative estimate of drug-likeness (QED) is 0.804. The van der Waals surface area contributed by atoms with Crippen LogP contribution in [0, 0.1) is 5.92 Å². The number of ketones is 1. The molecule has 0 bridgehead atoms. The maximum atomic E-state index is 12.4. The van der Waals surface area contributed by atoms with Crippen LogP contribution in [0.2, 0.25) is 0 Å². The first kappa shape index (κ1) is 14.5. The summed E-state index contributed by atoms with van der Waals surface area (Å²) in [6.07, 6.45) is 4.28. The van der Waals surface area contributed by atoms with Crippen LogP contribution >= 0.6 is 0 Å². The Hall–Kier alpha value is -1.42. The van der Waals surface area contributed by atoms with Crippen LogP contribution in [0.3, 0.4) is 0 Å². The topological polar surface area (TPSA) is 47.3 Å². The van der Waals surface area contributed by atoms with E-state index in [4.69, 9.17) is 4.42 Å². The summed E-state index contributed by atoms with van der Waals surface area (Å²) in [5.41, 5.74) is 0.706. The molecule has 0 N–H and O–H groups in total. The molecule has 1 aromatic carbocycles. The Morgan fingerprint density at radius 3 is 2.90 bits per heavy atom. The minimum atomic E-state index is -1.09. The highest BCUT2D eigenvalue weighted by Gasteiger charge is 2.26. The summed E-state index contributed by atoms with van der Waals surface area (Å²) < 4.78 is 17.9. The fourth-order valence-corrected chi connectivity index (χ4v) is 4.66. The van der Waals surface area contributed by atoms with Crippen molar-refractivity contribution in [2.75, 3.05) is 5.75 Å². The predicted molar refractivity (Wildman–Crippen MR) is 85.0 cm³/mol. The van der Waals surface area contributed by atoms with E-state index in [9.17, 15) is 9.00 Å². The van der Waals surface area contributed by atoms with Crippen molar-refractivity contribution < 1.29 is 13.4 Å². The smallest absolute Gasteiger partial charge is 0.210 e. The van der Waals surface area contributed by atoms with Gasteiger partial charge >= 0.3 is 0 Å². The summed E-state index contributed by atoms with van der Waals surface area (Å²) in [5, 5.41) is 1.08. The monoisotopic (exact) mass is 304 g/mol. The van der Waals surface area contributed by atoms with Crippen LogP contribution in [-0.4, -0.2) is 21.0 Å². The highest BCUT2D eigenvalue weighted by atomic mass is 32.2. The van der Waals surface area contributed by atoms with E-state index < -0.39 is 10.8 Å². The number of carbonyl (C=O) groups excluding carboxylic acids is 1. The van der Waals surface area contributed by atoms with E-state index >= 15 is 0 Å². The van der Waals surface area contributed by atoms with Gasteiger partial charge in [0.15, 0.2) is 5.76 Å². The Morgan fingerprint density at radius 1 is 1.33 bits per heavy atom. The van der Waals surface area contributed by atoms with Gasteiger partial charge in [0, 0.05) is 21.4 Å². The van der Waals surface area contributed by atoms with Gasteiger partial charge in [0.25, 0.3) is 0 Å². The molecule has 3 unspecified atom stereocenters. The Bertz CT molecular complexity index is 640. The molecule has 2 aromatic rings. The van der Waals surface area contributed by atoms with Crippen LogP contribution in [-0.2, 0) is 10.8 Å². The maximum absolute atomic E-state index is 12.4. The Kier molecular flexibility index (Phi) is 4.24. The third-order valence-electron chi connectivity index (χ3n) is 4.23. The lowest BCUT2D eigenvalue weighted by molar-refractivity contribution is 0.0993. The van der Waals surface area contributed by atoms with Crippen LogP contribution in [0.25, 0.3) is 11.0 Å². The van der Waals surface area contributed by atoms with Gasteiger partial charge in [0.1, 0.15) is 5.58 Å². The molecular formula is C17H20O3S. The van der Waals surface area contributed by atoms with E-state index in [0.29, 0.717) is 17.3 Å². The molecule has 3 atom stereocenters. The van der Waals surface area contributed by atoms with Crippen LogP contribution < -0.4 is 0 Å². The molecule has 3 nitrogen and oxygen atoms in total. The molecule has 1 aliphatic carbocycles. The fraction of sp³-hybridized carbons (Fsp3) is 0.471. The van der Waals surface area contributed by atoms with Crippen molar-refractivity contribution in [2.24, 2.45) is 5.92 Å². The molecule has 1 heterocycles. The molecule has 0 saturated heterocycles. The van der Waals surface area contributed by atoms with E-state index in [1.165, 1.54) is 6.42 Å². The largest absolute Gasteiger partial charge is 0.453 e. The third-order valence-corrected chi connectivity index (χ3v) is 5.95. The summed E-state index contributed by atoms with van der Waals surface area (Å²) in [7, 11) is -1.09. The first-order valence-electron chi connectivity index (χ1n) is 7.52. The molecule has 1 aromatic heterocycles. The maximum Gasteiger partial charge on any atom is 0.210 e. The lowest BCUT2D eigenvalue weighted by atomic mass is 9.91. The number of rotatable bonds is 4. The highest BCUT2D eigenvalue weighted by Crippen LogP contribution is 2.27. The van der Waals surface area contributed by atoms with Gasteiger partial charge in [-0.1, -0.05) is 38.0 Å². The molecule has 1 aliphatic rings. The van der Waals surface area contributed by atoms with Crippen LogP contribution in [0.1, 0.15) is 43.2 Å². The molecule has 0 radical (unpaired) electrons. The van der Waals surface area contributed by atoms with Gasteiger partial charge in [0.2, 0.25) is 5.78 Å². The summed E-state index contributed by atoms with van der Waals surface area (Å²) >= 11 is 0. The second-order valence-corrected chi connectivity index (χ2v) is 7.71. The van der Waals surface area contributed by atoms with Gasteiger partial charge in [-0.05, 0) is 30.9 Å². The molecule has 1 fully saturated rings. The van der Waals surface area contributed by atoms with E-state index in [-0.39, 0.29) is 16.8 Å². The summed E-state index contributed by atoms with van der Waals surface area (Å²) in [5.74, 6) is 0.877. The highest BCUT2D eigenvalue weighted by molar-refractivity contribution is 7.86. The number of carbonyl (C=O) groups is 1. The molecule has 3 rings (SSSR count). The summed E-state index contributed by atoms with van der Waals surface area (Å²) in [6, 6.07) is 9.29. The van der Waals surface area contributed by atoms with Crippen molar-refractivity contribution in [1.29, 1.82) is 0 Å². The number of hydrogen-bond acceptors (Lipinski definition) is 3. The molecule has 1 saturated carbocycles. The molecule has 0 amide bonds. The molecule has 21 heavy (non-hydrogen) atoms. The second kappa shape index (κ2) is 6.14. The van der Waals surface area contributed by atoms with Crippen LogP contribution in [0.5, 0.6) is 0 Å². The van der Waals surface area contributed by atoms with Crippen LogP contribution in [0.15, 0.2) is 34.7 Å². The zero-order chi connectivity index (χ0) is 14.8. The number of benzene rings is 1. The van der Waals surface area contributed by atoms with Gasteiger partial charge in [-0.15, -0.1) is 0 Å². The van der Waals surface area contributed by atoms with Gasteiger partial charge in [0.05, 0.1) is 5.75 Å². The van der Waals surface area contributed by atoms with Crippen molar-refractivity contribution in [2.45, 2.75) is 37.9 Å². The number of para-hydroxylation sites is 1. The number of hydrogen-bond donors (Lipinski definition) is 0. The van der Waals surface area contributed by atoms with Gasteiger partial charge in [-0.25, -0.2) is 0 Å². The minimum absolute atomic E-state index is 0.0806. The Morgan fingerprint density at radius 2 is 2.14 bits per heavy atom. The normalized spacial score (nSPS) is 24.0. The number of furan rings is 1. The van der Waals surface area contributed by atoms with Crippen molar-refractivity contribution in [3.63, 3.8) is 0 Å². The molecule has 4 heteroatoms.